The Morgan fingerprint density at radius 2 is 1.84 bits per heavy atom. The van der Waals surface area contributed by atoms with E-state index in [4.69, 9.17) is 4.74 Å². The molecule has 2 aromatic carbocycles. The van der Waals surface area contributed by atoms with Crippen molar-refractivity contribution < 1.29 is 18.1 Å². The fraction of sp³-hybridized carbons (Fsp3) is 0.364. The Bertz CT molecular complexity index is 1140. The van der Waals surface area contributed by atoms with Crippen molar-refractivity contribution in [1.29, 1.82) is 0 Å². The molecule has 1 N–H and O–H groups in total. The Morgan fingerprint density at radius 3 is 2.55 bits per heavy atom. The lowest BCUT2D eigenvalue weighted by atomic mass is 9.77. The topological polar surface area (TPSA) is 102 Å². The number of rotatable bonds is 4. The van der Waals surface area contributed by atoms with E-state index in [1.54, 1.807) is 24.3 Å². The van der Waals surface area contributed by atoms with E-state index in [0.717, 1.165) is 23.2 Å². The maximum Gasteiger partial charge on any atom is 0.269 e. The number of sulfonamides is 1. The van der Waals surface area contributed by atoms with Crippen molar-refractivity contribution in [2.45, 2.75) is 23.3 Å². The first-order valence-corrected chi connectivity index (χ1v) is 11.8. The standard InChI is InChI=1S/C22H23N3O5S/c26-25(27)16-6-9-21-20(14-16)18-2-1-3-19(18)22(23-21)15-4-7-17(8-5-15)31(28,29)24-10-12-30-13-11-24/h1-2,4-9,14,18-19,22-23H,3,10-13H2/t18-,19-,22-/m0/s1. The Labute approximate surface area is 180 Å². The van der Waals surface area contributed by atoms with Crippen LogP contribution in [0.15, 0.2) is 59.5 Å². The molecule has 5 rings (SSSR count). The maximum absolute atomic E-state index is 12.9. The van der Waals surface area contributed by atoms with E-state index in [2.05, 4.69) is 17.5 Å². The van der Waals surface area contributed by atoms with Crippen molar-refractivity contribution in [3.8, 4) is 0 Å². The van der Waals surface area contributed by atoms with Gasteiger partial charge in [-0.1, -0.05) is 24.3 Å². The molecule has 2 aliphatic heterocycles. The number of nitro benzene ring substituents is 1. The van der Waals surface area contributed by atoms with Crippen LogP contribution in [0.25, 0.3) is 0 Å². The third kappa shape index (κ3) is 3.52. The summed E-state index contributed by atoms with van der Waals surface area (Å²) >= 11 is 0. The van der Waals surface area contributed by atoms with Gasteiger partial charge in [-0.3, -0.25) is 10.1 Å². The molecule has 0 saturated carbocycles. The van der Waals surface area contributed by atoms with Gasteiger partial charge in [-0.05, 0) is 41.7 Å². The third-order valence-electron chi connectivity index (χ3n) is 6.40. The van der Waals surface area contributed by atoms with Crippen LogP contribution in [-0.2, 0) is 14.8 Å². The molecule has 2 heterocycles. The molecule has 3 aliphatic rings. The quantitative estimate of drug-likeness (QED) is 0.443. The predicted octanol–water partition coefficient (Wildman–Crippen LogP) is 3.44. The van der Waals surface area contributed by atoms with Gasteiger partial charge >= 0.3 is 0 Å². The predicted molar refractivity (Wildman–Crippen MR) is 115 cm³/mol. The molecule has 3 atom stereocenters. The minimum atomic E-state index is -3.53. The van der Waals surface area contributed by atoms with E-state index in [0.29, 0.717) is 26.3 Å². The minimum absolute atomic E-state index is 0.00547. The zero-order valence-electron chi connectivity index (χ0n) is 16.8. The molecule has 1 saturated heterocycles. The van der Waals surface area contributed by atoms with Crippen molar-refractivity contribution in [2.75, 3.05) is 31.6 Å². The highest BCUT2D eigenvalue weighted by molar-refractivity contribution is 7.89. The SMILES string of the molecule is O=[N+]([O-])c1ccc2c(c1)[C@H]1C=CC[C@@H]1[C@H](c1ccc(S(=O)(=O)N3CCOCC3)cc1)N2. The van der Waals surface area contributed by atoms with Crippen molar-refractivity contribution in [3.05, 3.63) is 75.9 Å². The smallest absolute Gasteiger partial charge is 0.269 e. The van der Waals surface area contributed by atoms with Gasteiger partial charge in [0.25, 0.3) is 5.69 Å². The van der Waals surface area contributed by atoms with Gasteiger partial charge in [0.15, 0.2) is 0 Å². The molecule has 0 radical (unpaired) electrons. The second kappa shape index (κ2) is 7.74. The third-order valence-corrected chi connectivity index (χ3v) is 8.32. The summed E-state index contributed by atoms with van der Waals surface area (Å²) in [6.45, 7) is 1.56. The first-order chi connectivity index (χ1) is 14.9. The van der Waals surface area contributed by atoms with Gasteiger partial charge in [-0.2, -0.15) is 4.31 Å². The van der Waals surface area contributed by atoms with Crippen molar-refractivity contribution in [1.82, 2.24) is 4.31 Å². The normalized spacial score (nSPS) is 25.5. The summed E-state index contributed by atoms with van der Waals surface area (Å²) in [5.74, 6) is 0.314. The van der Waals surface area contributed by atoms with E-state index in [-0.39, 0.29) is 33.4 Å². The fourth-order valence-corrected chi connectivity index (χ4v) is 6.22. The molecule has 1 aliphatic carbocycles. The molecule has 0 bridgehead atoms. The van der Waals surface area contributed by atoms with Gasteiger partial charge in [0.05, 0.1) is 29.1 Å². The molecular weight excluding hydrogens is 418 g/mol. The summed E-state index contributed by atoms with van der Waals surface area (Å²) in [5, 5.41) is 14.7. The molecule has 2 aromatic rings. The first kappa shape index (κ1) is 20.2. The van der Waals surface area contributed by atoms with Crippen molar-refractivity contribution >= 4 is 21.4 Å². The number of nitrogens with one attached hydrogen (secondary N) is 1. The van der Waals surface area contributed by atoms with Crippen LogP contribution in [0.3, 0.4) is 0 Å². The summed E-state index contributed by atoms with van der Waals surface area (Å²) < 4.78 is 32.5. The number of non-ortho nitro benzene ring substituents is 1. The lowest BCUT2D eigenvalue weighted by molar-refractivity contribution is -0.384. The summed E-state index contributed by atoms with van der Waals surface area (Å²) in [7, 11) is -3.53. The monoisotopic (exact) mass is 441 g/mol. The Morgan fingerprint density at radius 1 is 1.10 bits per heavy atom. The molecule has 162 valence electrons. The van der Waals surface area contributed by atoms with Crippen LogP contribution in [0.5, 0.6) is 0 Å². The number of nitro groups is 1. The first-order valence-electron chi connectivity index (χ1n) is 10.3. The van der Waals surface area contributed by atoms with E-state index in [9.17, 15) is 18.5 Å². The zero-order valence-corrected chi connectivity index (χ0v) is 17.6. The maximum atomic E-state index is 12.9. The molecule has 0 amide bonds. The highest BCUT2D eigenvalue weighted by Crippen LogP contribution is 2.50. The Balaban J connectivity index is 1.44. The lowest BCUT2D eigenvalue weighted by Gasteiger charge is -2.37. The minimum Gasteiger partial charge on any atom is -0.379 e. The van der Waals surface area contributed by atoms with Crippen LogP contribution >= 0.6 is 0 Å². The van der Waals surface area contributed by atoms with Crippen LogP contribution in [0, 0.1) is 16.0 Å². The second-order valence-electron chi connectivity index (χ2n) is 8.09. The van der Waals surface area contributed by atoms with Crippen molar-refractivity contribution in [3.63, 3.8) is 0 Å². The van der Waals surface area contributed by atoms with E-state index < -0.39 is 10.0 Å². The summed E-state index contributed by atoms with van der Waals surface area (Å²) in [6.07, 6.45) is 5.10. The van der Waals surface area contributed by atoms with Crippen LogP contribution in [-0.4, -0.2) is 43.9 Å². The average molecular weight is 442 g/mol. The number of hydrogen-bond acceptors (Lipinski definition) is 6. The lowest BCUT2D eigenvalue weighted by Crippen LogP contribution is -2.40. The van der Waals surface area contributed by atoms with E-state index in [1.807, 2.05) is 12.1 Å². The molecule has 31 heavy (non-hydrogen) atoms. The summed E-state index contributed by atoms with van der Waals surface area (Å²) in [5.41, 5.74) is 2.92. The van der Waals surface area contributed by atoms with Gasteiger partial charge in [-0.15, -0.1) is 0 Å². The number of morpholine rings is 1. The van der Waals surface area contributed by atoms with Gasteiger partial charge in [0.2, 0.25) is 10.0 Å². The van der Waals surface area contributed by atoms with Gasteiger partial charge in [-0.25, -0.2) is 8.42 Å². The molecule has 0 spiro atoms. The number of benzene rings is 2. The number of nitrogens with zero attached hydrogens (tertiary/aromatic N) is 2. The molecule has 1 fully saturated rings. The van der Waals surface area contributed by atoms with Gasteiger partial charge < -0.3 is 10.1 Å². The number of anilines is 1. The number of hydrogen-bond donors (Lipinski definition) is 1. The van der Waals surface area contributed by atoms with Gasteiger partial charge in [0.1, 0.15) is 0 Å². The largest absolute Gasteiger partial charge is 0.379 e. The average Bonchev–Trinajstić information content (AvgIpc) is 3.29. The molecule has 0 aromatic heterocycles. The van der Waals surface area contributed by atoms with Crippen LogP contribution in [0.2, 0.25) is 0 Å². The second-order valence-corrected chi connectivity index (χ2v) is 10.0. The number of allylic oxidation sites excluding steroid dienone is 2. The summed E-state index contributed by atoms with van der Waals surface area (Å²) in [6, 6.07) is 12.0. The Hall–Kier alpha value is -2.75. The van der Waals surface area contributed by atoms with E-state index >= 15 is 0 Å². The number of ether oxygens (including phenoxy) is 1. The van der Waals surface area contributed by atoms with Crippen LogP contribution < -0.4 is 5.32 Å². The summed E-state index contributed by atoms with van der Waals surface area (Å²) in [4.78, 5) is 11.1. The molecule has 0 unspecified atom stereocenters. The van der Waals surface area contributed by atoms with Gasteiger partial charge in [0, 0.05) is 36.8 Å². The molecular formula is C22H23N3O5S. The molecule has 9 heteroatoms. The Kier molecular flexibility index (Phi) is 5.04. The number of fused-ring (bicyclic) bond motifs is 3. The fourth-order valence-electron chi connectivity index (χ4n) is 4.81. The highest BCUT2D eigenvalue weighted by atomic mass is 32.2. The zero-order chi connectivity index (χ0) is 21.6. The molecule has 8 nitrogen and oxygen atoms in total. The van der Waals surface area contributed by atoms with E-state index in [1.165, 1.54) is 10.4 Å². The van der Waals surface area contributed by atoms with Crippen molar-refractivity contribution in [2.24, 2.45) is 5.92 Å². The highest BCUT2D eigenvalue weighted by Gasteiger charge is 2.38. The van der Waals surface area contributed by atoms with Crippen LogP contribution in [0.1, 0.15) is 29.5 Å². The van der Waals surface area contributed by atoms with Crippen LogP contribution in [0.4, 0.5) is 11.4 Å².